The van der Waals surface area contributed by atoms with E-state index in [1.165, 1.54) is 28.6 Å². The molecule has 1 aromatic carbocycles. The smallest absolute Gasteiger partial charge is 0.322 e. The van der Waals surface area contributed by atoms with Gasteiger partial charge in [0.15, 0.2) is 0 Å². The number of pyridine rings is 1. The minimum Gasteiger partial charge on any atom is -0.403 e. The fourth-order valence-corrected chi connectivity index (χ4v) is 4.17. The molecule has 3 aromatic rings. The van der Waals surface area contributed by atoms with Crippen LogP contribution in [0, 0.1) is 0 Å². The molecule has 29 heavy (non-hydrogen) atoms. The molecule has 0 aliphatic carbocycles. The van der Waals surface area contributed by atoms with E-state index in [9.17, 15) is 13.2 Å². The van der Waals surface area contributed by atoms with Crippen LogP contribution in [0.5, 0.6) is 0 Å². The Labute approximate surface area is 166 Å². The van der Waals surface area contributed by atoms with Gasteiger partial charge < -0.3 is 9.15 Å². The summed E-state index contributed by atoms with van der Waals surface area (Å²) in [5.41, 5.74) is 0.880. The van der Waals surface area contributed by atoms with E-state index < -0.39 is 15.9 Å². The van der Waals surface area contributed by atoms with Gasteiger partial charge in [0.1, 0.15) is 0 Å². The first-order valence-electron chi connectivity index (χ1n) is 8.77. The van der Waals surface area contributed by atoms with Crippen molar-refractivity contribution in [2.45, 2.75) is 4.90 Å². The molecule has 0 unspecified atom stereocenters. The van der Waals surface area contributed by atoms with Crippen molar-refractivity contribution in [2.24, 2.45) is 0 Å². The van der Waals surface area contributed by atoms with Crippen LogP contribution < -0.4 is 5.32 Å². The Morgan fingerprint density at radius 2 is 1.83 bits per heavy atom. The van der Waals surface area contributed by atoms with Crippen molar-refractivity contribution in [1.82, 2.24) is 19.5 Å². The molecule has 150 valence electrons. The number of amides is 1. The first kappa shape index (κ1) is 19.2. The molecule has 11 heteroatoms. The highest BCUT2D eigenvalue weighted by atomic mass is 32.2. The molecule has 10 nitrogen and oxygen atoms in total. The van der Waals surface area contributed by atoms with Gasteiger partial charge in [-0.2, -0.15) is 4.31 Å². The Morgan fingerprint density at radius 3 is 2.52 bits per heavy atom. The van der Waals surface area contributed by atoms with Gasteiger partial charge >= 0.3 is 6.01 Å². The molecule has 0 radical (unpaired) electrons. The number of rotatable bonds is 5. The summed E-state index contributed by atoms with van der Waals surface area (Å²) in [6.45, 7) is 1.35. The normalized spacial score (nSPS) is 15.2. The maximum absolute atomic E-state index is 12.6. The Morgan fingerprint density at radius 1 is 1.07 bits per heavy atom. The third-order valence-electron chi connectivity index (χ3n) is 4.28. The molecule has 0 saturated carbocycles. The van der Waals surface area contributed by atoms with E-state index in [1.807, 2.05) is 0 Å². The summed E-state index contributed by atoms with van der Waals surface area (Å²) in [6, 6.07) is 9.06. The molecule has 1 fully saturated rings. The Balaban J connectivity index is 1.45. The highest BCUT2D eigenvalue weighted by molar-refractivity contribution is 7.89. The Hall–Kier alpha value is -3.15. The SMILES string of the molecule is O=C(Nc1nnc(-c2cccnc2)o1)c1ccc(S(=O)(=O)N2CCOCC2)cc1. The average Bonchev–Trinajstić information content (AvgIpc) is 3.23. The summed E-state index contributed by atoms with van der Waals surface area (Å²) in [5, 5.41) is 10.1. The molecule has 1 aliphatic rings. The van der Waals surface area contributed by atoms with Crippen LogP contribution in [-0.2, 0) is 14.8 Å². The zero-order chi connectivity index (χ0) is 20.3. The number of hydrogen-bond acceptors (Lipinski definition) is 8. The van der Waals surface area contributed by atoms with Crippen LogP contribution in [0.25, 0.3) is 11.5 Å². The number of nitrogens with one attached hydrogen (secondary N) is 1. The van der Waals surface area contributed by atoms with Crippen LogP contribution in [0.2, 0.25) is 0 Å². The number of anilines is 1. The Kier molecular flexibility index (Phi) is 5.34. The molecular formula is C18H17N5O5S. The first-order chi connectivity index (χ1) is 14.0. The lowest BCUT2D eigenvalue weighted by molar-refractivity contribution is 0.0730. The Bertz CT molecular complexity index is 1090. The quantitative estimate of drug-likeness (QED) is 0.662. The van der Waals surface area contributed by atoms with Crippen molar-refractivity contribution in [3.05, 3.63) is 54.4 Å². The molecular weight excluding hydrogens is 398 g/mol. The van der Waals surface area contributed by atoms with Crippen molar-refractivity contribution in [3.8, 4) is 11.5 Å². The van der Waals surface area contributed by atoms with E-state index >= 15 is 0 Å². The lowest BCUT2D eigenvalue weighted by atomic mass is 10.2. The monoisotopic (exact) mass is 415 g/mol. The fraction of sp³-hybridized carbons (Fsp3) is 0.222. The maximum atomic E-state index is 12.6. The van der Waals surface area contributed by atoms with E-state index in [0.717, 1.165) is 0 Å². The van der Waals surface area contributed by atoms with Crippen LogP contribution in [0.15, 0.2) is 58.1 Å². The standard InChI is InChI=1S/C18H17N5O5S/c24-16(20-18-22-21-17(28-18)14-2-1-7-19-12-14)13-3-5-15(6-4-13)29(25,26)23-8-10-27-11-9-23/h1-7,12H,8-11H2,(H,20,22,24). The summed E-state index contributed by atoms with van der Waals surface area (Å²) in [5.74, 6) is -0.276. The fourth-order valence-electron chi connectivity index (χ4n) is 2.76. The average molecular weight is 415 g/mol. The summed E-state index contributed by atoms with van der Waals surface area (Å²) in [7, 11) is -3.62. The van der Waals surface area contributed by atoms with Crippen LogP contribution in [0.4, 0.5) is 6.01 Å². The molecule has 1 saturated heterocycles. The zero-order valence-corrected chi connectivity index (χ0v) is 16.0. The third kappa shape index (κ3) is 4.16. The van der Waals surface area contributed by atoms with E-state index in [1.54, 1.807) is 24.5 Å². The van der Waals surface area contributed by atoms with Crippen LogP contribution in [0.1, 0.15) is 10.4 Å². The number of carbonyl (C=O) groups excluding carboxylic acids is 1. The second-order valence-electron chi connectivity index (χ2n) is 6.15. The van der Waals surface area contributed by atoms with Crippen molar-refractivity contribution in [1.29, 1.82) is 0 Å². The number of ether oxygens (including phenoxy) is 1. The second kappa shape index (κ2) is 8.07. The molecule has 1 aliphatic heterocycles. The van der Waals surface area contributed by atoms with E-state index in [2.05, 4.69) is 20.5 Å². The van der Waals surface area contributed by atoms with Crippen molar-refractivity contribution < 1.29 is 22.4 Å². The highest BCUT2D eigenvalue weighted by Crippen LogP contribution is 2.20. The van der Waals surface area contributed by atoms with Gasteiger partial charge in [0.05, 0.1) is 23.7 Å². The van der Waals surface area contributed by atoms with E-state index in [-0.39, 0.29) is 22.4 Å². The summed E-state index contributed by atoms with van der Waals surface area (Å²) in [6.07, 6.45) is 3.18. The van der Waals surface area contributed by atoms with Crippen LogP contribution in [-0.4, -0.2) is 60.1 Å². The maximum Gasteiger partial charge on any atom is 0.322 e. The topological polar surface area (TPSA) is 128 Å². The van der Waals surface area contributed by atoms with Gasteiger partial charge in [0.25, 0.3) is 11.8 Å². The lowest BCUT2D eigenvalue weighted by Gasteiger charge is -2.26. The lowest BCUT2D eigenvalue weighted by Crippen LogP contribution is -2.40. The predicted molar refractivity (Wildman–Crippen MR) is 102 cm³/mol. The van der Waals surface area contributed by atoms with E-state index in [4.69, 9.17) is 9.15 Å². The van der Waals surface area contributed by atoms with Crippen LogP contribution in [0.3, 0.4) is 0 Å². The number of hydrogen-bond donors (Lipinski definition) is 1. The first-order valence-corrected chi connectivity index (χ1v) is 10.2. The number of nitrogens with zero attached hydrogens (tertiary/aromatic N) is 4. The summed E-state index contributed by atoms with van der Waals surface area (Å²) < 4.78 is 37.2. The van der Waals surface area contributed by atoms with Gasteiger partial charge in [-0.25, -0.2) is 8.42 Å². The van der Waals surface area contributed by atoms with Crippen molar-refractivity contribution in [3.63, 3.8) is 0 Å². The van der Waals surface area contributed by atoms with Gasteiger partial charge in [-0.1, -0.05) is 5.10 Å². The molecule has 0 atom stereocenters. The van der Waals surface area contributed by atoms with E-state index in [0.29, 0.717) is 31.9 Å². The second-order valence-corrected chi connectivity index (χ2v) is 8.09. The number of sulfonamides is 1. The largest absolute Gasteiger partial charge is 0.403 e. The van der Waals surface area contributed by atoms with Crippen molar-refractivity contribution >= 4 is 21.9 Å². The molecule has 0 bridgehead atoms. The molecule has 1 N–H and O–H groups in total. The minimum atomic E-state index is -3.62. The van der Waals surface area contributed by atoms with Gasteiger partial charge in [0, 0.05) is 31.0 Å². The minimum absolute atomic E-state index is 0.0705. The predicted octanol–water partition coefficient (Wildman–Crippen LogP) is 1.40. The molecule has 2 aromatic heterocycles. The number of aromatic nitrogens is 3. The van der Waals surface area contributed by atoms with Gasteiger partial charge in [-0.15, -0.1) is 5.10 Å². The van der Waals surface area contributed by atoms with Gasteiger partial charge in [-0.05, 0) is 36.4 Å². The molecule has 1 amide bonds. The number of carbonyl (C=O) groups is 1. The van der Waals surface area contributed by atoms with Crippen LogP contribution >= 0.6 is 0 Å². The number of benzene rings is 1. The summed E-state index contributed by atoms with van der Waals surface area (Å²) in [4.78, 5) is 16.5. The van der Waals surface area contributed by atoms with Gasteiger partial charge in [-0.3, -0.25) is 15.1 Å². The summed E-state index contributed by atoms with van der Waals surface area (Å²) >= 11 is 0. The molecule has 4 rings (SSSR count). The molecule has 0 spiro atoms. The zero-order valence-electron chi connectivity index (χ0n) is 15.2. The molecule has 3 heterocycles. The van der Waals surface area contributed by atoms with Gasteiger partial charge in [0.2, 0.25) is 10.0 Å². The highest BCUT2D eigenvalue weighted by Gasteiger charge is 2.26. The third-order valence-corrected chi connectivity index (χ3v) is 6.19. The number of morpholine rings is 1. The van der Waals surface area contributed by atoms with Crippen molar-refractivity contribution in [2.75, 3.05) is 31.6 Å².